The lowest BCUT2D eigenvalue weighted by atomic mass is 10.2. The number of hydrogen-bond donors (Lipinski definition) is 1. The topological polar surface area (TPSA) is 41.6 Å². The maximum atomic E-state index is 12.9. The predicted octanol–water partition coefficient (Wildman–Crippen LogP) is 1.55. The Bertz CT molecular complexity index is 253. The van der Waals surface area contributed by atoms with Crippen LogP contribution in [0.2, 0.25) is 0 Å². The normalized spacial score (nSPS) is 25.6. The fraction of sp³-hybridized carbons (Fsp3) is 0.909. The first-order chi connectivity index (χ1) is 7.28. The molecule has 0 radical (unpaired) electrons. The van der Waals surface area contributed by atoms with Crippen LogP contribution in [0, 0.1) is 0 Å². The zero-order valence-electron chi connectivity index (χ0n) is 10.4. The number of alkyl halides is 1. The van der Waals surface area contributed by atoms with Gasteiger partial charge in [-0.25, -0.2) is 9.18 Å². The van der Waals surface area contributed by atoms with Gasteiger partial charge < -0.3 is 15.0 Å². The van der Waals surface area contributed by atoms with Crippen LogP contribution in [0.15, 0.2) is 0 Å². The average Bonchev–Trinajstić information content (AvgIpc) is 2.48. The summed E-state index contributed by atoms with van der Waals surface area (Å²) in [5, 5.41) is 3.03. The monoisotopic (exact) mass is 232 g/mol. The van der Waals surface area contributed by atoms with Crippen molar-refractivity contribution in [2.45, 2.75) is 45.0 Å². The van der Waals surface area contributed by atoms with Crippen LogP contribution >= 0.6 is 0 Å². The highest BCUT2D eigenvalue weighted by Crippen LogP contribution is 2.13. The van der Waals surface area contributed by atoms with E-state index in [1.807, 2.05) is 20.8 Å². The smallest absolute Gasteiger partial charge is 0.410 e. The van der Waals surface area contributed by atoms with Gasteiger partial charge in [0.2, 0.25) is 0 Å². The summed E-state index contributed by atoms with van der Waals surface area (Å²) in [7, 11) is 1.67. The number of carbonyl (C=O) groups excluding carboxylic acids is 1. The van der Waals surface area contributed by atoms with Gasteiger partial charge in [0.05, 0.1) is 0 Å². The molecule has 1 saturated heterocycles. The highest BCUT2D eigenvalue weighted by atomic mass is 19.1. The van der Waals surface area contributed by atoms with Gasteiger partial charge in [0.1, 0.15) is 11.8 Å². The lowest BCUT2D eigenvalue weighted by molar-refractivity contribution is 0.0285. The Morgan fingerprint density at radius 2 is 2.19 bits per heavy atom. The summed E-state index contributed by atoms with van der Waals surface area (Å²) < 4.78 is 18.1. The molecule has 1 fully saturated rings. The van der Waals surface area contributed by atoms with Crippen LogP contribution in [-0.2, 0) is 4.74 Å². The zero-order valence-corrected chi connectivity index (χ0v) is 10.4. The van der Waals surface area contributed by atoms with E-state index in [0.29, 0.717) is 19.5 Å². The summed E-state index contributed by atoms with van der Waals surface area (Å²) in [4.78, 5) is 13.1. The van der Waals surface area contributed by atoms with Crippen LogP contribution in [0.4, 0.5) is 9.18 Å². The molecule has 0 aliphatic carbocycles. The van der Waals surface area contributed by atoms with Gasteiger partial charge >= 0.3 is 6.09 Å². The first-order valence-corrected chi connectivity index (χ1v) is 5.59. The number of likely N-dealkylation sites (N-methyl/N-ethyl adjacent to an activating group) is 1. The molecule has 2 atom stereocenters. The van der Waals surface area contributed by atoms with Gasteiger partial charge in [-0.15, -0.1) is 0 Å². The second kappa shape index (κ2) is 4.99. The Labute approximate surface area is 96.1 Å². The minimum Gasteiger partial charge on any atom is -0.444 e. The first-order valence-electron chi connectivity index (χ1n) is 5.59. The highest BCUT2D eigenvalue weighted by molar-refractivity contribution is 5.67. The lowest BCUT2D eigenvalue weighted by Gasteiger charge is -2.26. The number of rotatable bonds is 2. The molecular formula is C11H21FN2O2. The van der Waals surface area contributed by atoms with E-state index in [1.165, 1.54) is 4.90 Å². The third kappa shape index (κ3) is 4.35. The zero-order chi connectivity index (χ0) is 12.3. The molecule has 0 saturated carbocycles. The minimum atomic E-state index is -0.794. The molecule has 1 aliphatic rings. The Morgan fingerprint density at radius 3 is 2.62 bits per heavy atom. The standard InChI is InChI=1S/C11H21FN2O2/c1-11(2,3)16-10(15)14(4)7-9-5-8(12)6-13-9/h8-9,13H,5-7H2,1-4H3/t8-,9-/m1/s1. The van der Waals surface area contributed by atoms with Crippen LogP contribution < -0.4 is 5.32 Å². The van der Waals surface area contributed by atoms with E-state index in [-0.39, 0.29) is 12.1 Å². The van der Waals surface area contributed by atoms with Crippen molar-refractivity contribution in [3.63, 3.8) is 0 Å². The van der Waals surface area contributed by atoms with Crippen LogP contribution in [-0.4, -0.2) is 48.9 Å². The van der Waals surface area contributed by atoms with E-state index in [1.54, 1.807) is 7.05 Å². The minimum absolute atomic E-state index is 0.0347. The quantitative estimate of drug-likeness (QED) is 0.785. The lowest BCUT2D eigenvalue weighted by Crippen LogP contribution is -2.41. The molecule has 0 bridgehead atoms. The summed E-state index contributed by atoms with van der Waals surface area (Å²) in [6.07, 6.45) is -0.693. The van der Waals surface area contributed by atoms with Gasteiger partial charge in [-0.3, -0.25) is 0 Å². The van der Waals surface area contributed by atoms with Crippen LogP contribution in [0.1, 0.15) is 27.2 Å². The van der Waals surface area contributed by atoms with E-state index in [0.717, 1.165) is 0 Å². The van der Waals surface area contributed by atoms with Crippen molar-refractivity contribution in [1.82, 2.24) is 10.2 Å². The van der Waals surface area contributed by atoms with Gasteiger partial charge in [0.15, 0.2) is 0 Å². The van der Waals surface area contributed by atoms with Gasteiger partial charge in [-0.1, -0.05) is 0 Å². The number of carbonyl (C=O) groups is 1. The van der Waals surface area contributed by atoms with Crippen molar-refractivity contribution in [3.05, 3.63) is 0 Å². The van der Waals surface area contributed by atoms with E-state index < -0.39 is 11.8 Å². The molecular weight excluding hydrogens is 211 g/mol. The number of halogens is 1. The first kappa shape index (κ1) is 13.2. The van der Waals surface area contributed by atoms with Crippen LogP contribution in [0.5, 0.6) is 0 Å². The van der Waals surface area contributed by atoms with Crippen molar-refractivity contribution >= 4 is 6.09 Å². The fourth-order valence-corrected chi connectivity index (χ4v) is 1.65. The van der Waals surface area contributed by atoms with E-state index in [4.69, 9.17) is 4.74 Å². The van der Waals surface area contributed by atoms with Gasteiger partial charge in [0.25, 0.3) is 0 Å². The summed E-state index contributed by atoms with van der Waals surface area (Å²) >= 11 is 0. The van der Waals surface area contributed by atoms with Gasteiger partial charge in [0, 0.05) is 26.2 Å². The number of nitrogens with zero attached hydrogens (tertiary/aromatic N) is 1. The summed E-state index contributed by atoms with van der Waals surface area (Å²) in [6.45, 7) is 6.33. The van der Waals surface area contributed by atoms with Crippen molar-refractivity contribution in [1.29, 1.82) is 0 Å². The molecule has 0 aromatic rings. The Hall–Kier alpha value is -0.840. The molecule has 0 unspecified atom stereocenters. The van der Waals surface area contributed by atoms with Crippen molar-refractivity contribution < 1.29 is 13.9 Å². The molecule has 0 spiro atoms. The second-order valence-corrected chi connectivity index (χ2v) is 5.30. The highest BCUT2D eigenvalue weighted by Gasteiger charge is 2.27. The summed E-state index contributed by atoms with van der Waals surface area (Å²) in [6, 6.07) is 0.0347. The number of amides is 1. The predicted molar refractivity (Wildman–Crippen MR) is 60.2 cm³/mol. The molecule has 16 heavy (non-hydrogen) atoms. The van der Waals surface area contributed by atoms with Gasteiger partial charge in [-0.2, -0.15) is 0 Å². The Kier molecular flexibility index (Phi) is 4.13. The van der Waals surface area contributed by atoms with Crippen LogP contribution in [0.25, 0.3) is 0 Å². The summed E-state index contributed by atoms with van der Waals surface area (Å²) in [5.41, 5.74) is -0.489. The Balaban J connectivity index is 2.34. The molecule has 1 heterocycles. The van der Waals surface area contributed by atoms with Crippen molar-refractivity contribution in [2.24, 2.45) is 0 Å². The molecule has 4 nitrogen and oxygen atoms in total. The SMILES string of the molecule is CN(C[C@H]1C[C@@H](F)CN1)C(=O)OC(C)(C)C. The molecule has 1 amide bonds. The third-order valence-corrected chi connectivity index (χ3v) is 2.37. The molecule has 1 N–H and O–H groups in total. The number of hydrogen-bond acceptors (Lipinski definition) is 3. The molecule has 5 heteroatoms. The third-order valence-electron chi connectivity index (χ3n) is 2.37. The molecule has 1 aliphatic heterocycles. The van der Waals surface area contributed by atoms with Crippen LogP contribution in [0.3, 0.4) is 0 Å². The molecule has 0 aromatic carbocycles. The Morgan fingerprint density at radius 1 is 1.56 bits per heavy atom. The maximum Gasteiger partial charge on any atom is 0.410 e. The largest absolute Gasteiger partial charge is 0.444 e. The van der Waals surface area contributed by atoms with E-state index in [9.17, 15) is 9.18 Å². The molecule has 94 valence electrons. The van der Waals surface area contributed by atoms with E-state index in [2.05, 4.69) is 5.32 Å². The van der Waals surface area contributed by atoms with Gasteiger partial charge in [-0.05, 0) is 27.2 Å². The number of ether oxygens (including phenoxy) is 1. The fourth-order valence-electron chi connectivity index (χ4n) is 1.65. The van der Waals surface area contributed by atoms with Crippen molar-refractivity contribution in [3.8, 4) is 0 Å². The second-order valence-electron chi connectivity index (χ2n) is 5.30. The molecule has 1 rings (SSSR count). The number of nitrogens with one attached hydrogen (secondary N) is 1. The van der Waals surface area contributed by atoms with E-state index >= 15 is 0 Å². The molecule has 0 aromatic heterocycles. The summed E-state index contributed by atoms with van der Waals surface area (Å²) in [5.74, 6) is 0. The van der Waals surface area contributed by atoms with Crippen molar-refractivity contribution in [2.75, 3.05) is 20.1 Å². The average molecular weight is 232 g/mol. The maximum absolute atomic E-state index is 12.9.